The van der Waals surface area contributed by atoms with E-state index in [0.717, 1.165) is 24.5 Å². The lowest BCUT2D eigenvalue weighted by Crippen LogP contribution is -2.38. The third-order valence-corrected chi connectivity index (χ3v) is 8.83. The number of amides is 2. The molecule has 0 bridgehead atoms. The van der Waals surface area contributed by atoms with Crippen molar-refractivity contribution >= 4 is 40.6 Å². The van der Waals surface area contributed by atoms with Gasteiger partial charge in [-0.15, -0.1) is 0 Å². The topological polar surface area (TPSA) is 109 Å². The standard InChI is InChI=1S/C34H36ClF3N6O3/c1-21(6-9-31(46)41-20-45)44-22(2)42-30-14-24(7-8-28(30)33(44)47)18-39-17-23-10-12-43(13-11-23)32-29(34(36,37)38)16-26(19-40-32)25-4-3-5-27(35)15-25/h3-5,7-8,14-16,19-21,23,39H,6,9-13,17-18H2,1-2H3,(H,41,45,46). The smallest absolute Gasteiger partial charge is 0.356 e. The second-order valence-corrected chi connectivity index (χ2v) is 12.4. The molecule has 9 nitrogen and oxygen atoms in total. The van der Waals surface area contributed by atoms with Crippen LogP contribution in [0.2, 0.25) is 5.02 Å². The number of alkyl halides is 3. The third kappa shape index (κ3) is 8.17. The molecule has 5 rings (SSSR count). The van der Waals surface area contributed by atoms with Crippen LogP contribution >= 0.6 is 11.6 Å². The fourth-order valence-electron chi connectivity index (χ4n) is 6.11. The summed E-state index contributed by atoms with van der Waals surface area (Å²) in [7, 11) is 0. The lowest BCUT2D eigenvalue weighted by molar-refractivity contribution is -0.137. The molecule has 1 unspecified atom stereocenters. The van der Waals surface area contributed by atoms with Crippen molar-refractivity contribution < 1.29 is 22.8 Å². The number of piperidine rings is 1. The normalized spacial score (nSPS) is 14.7. The van der Waals surface area contributed by atoms with E-state index in [1.165, 1.54) is 6.20 Å². The van der Waals surface area contributed by atoms with Crippen LogP contribution in [0.5, 0.6) is 0 Å². The summed E-state index contributed by atoms with van der Waals surface area (Å²) < 4.78 is 43.9. The van der Waals surface area contributed by atoms with Crippen molar-refractivity contribution in [1.82, 2.24) is 25.2 Å². The minimum Gasteiger partial charge on any atom is -0.356 e. The molecule has 4 aromatic rings. The fraction of sp³-hybridized carbons (Fsp3) is 0.382. The Hall–Kier alpha value is -4.29. The number of imide groups is 1. The number of fused-ring (bicyclic) bond motifs is 1. The minimum absolute atomic E-state index is 0.0505. The van der Waals surface area contributed by atoms with Crippen molar-refractivity contribution in [2.45, 2.75) is 58.3 Å². The number of carbonyl (C=O) groups is 2. The first kappa shape index (κ1) is 34.1. The van der Waals surface area contributed by atoms with Crippen LogP contribution in [-0.4, -0.2) is 46.5 Å². The predicted octanol–water partition coefficient (Wildman–Crippen LogP) is 6.06. The third-order valence-electron chi connectivity index (χ3n) is 8.60. The van der Waals surface area contributed by atoms with Crippen molar-refractivity contribution in [3.05, 3.63) is 87.1 Å². The van der Waals surface area contributed by atoms with E-state index < -0.39 is 17.6 Å². The maximum Gasteiger partial charge on any atom is 0.419 e. The molecule has 0 radical (unpaired) electrons. The molecule has 1 aliphatic heterocycles. The summed E-state index contributed by atoms with van der Waals surface area (Å²) in [4.78, 5) is 46.0. The Kier molecular flexibility index (Phi) is 10.6. The molecule has 13 heteroatoms. The van der Waals surface area contributed by atoms with Crippen LogP contribution in [0.15, 0.2) is 59.5 Å². The number of aromatic nitrogens is 3. The van der Waals surface area contributed by atoms with Crippen LogP contribution in [0.3, 0.4) is 0 Å². The summed E-state index contributed by atoms with van der Waals surface area (Å²) in [5, 5.41) is 6.48. The number of nitrogens with one attached hydrogen (secondary N) is 2. The Labute approximate surface area is 275 Å². The minimum atomic E-state index is -4.55. The number of nitrogens with zero attached hydrogens (tertiary/aromatic N) is 4. The molecule has 3 heterocycles. The van der Waals surface area contributed by atoms with Crippen molar-refractivity contribution in [1.29, 1.82) is 0 Å². The van der Waals surface area contributed by atoms with E-state index in [9.17, 15) is 27.6 Å². The fourth-order valence-corrected chi connectivity index (χ4v) is 6.30. The van der Waals surface area contributed by atoms with Gasteiger partial charge in [0.1, 0.15) is 11.6 Å². The quantitative estimate of drug-likeness (QED) is 0.187. The maximum atomic E-state index is 14.1. The second-order valence-electron chi connectivity index (χ2n) is 11.9. The first-order chi connectivity index (χ1) is 22.4. The van der Waals surface area contributed by atoms with Gasteiger partial charge in [0.25, 0.3) is 5.56 Å². The van der Waals surface area contributed by atoms with Gasteiger partial charge in [-0.05, 0) is 87.0 Å². The molecule has 2 aromatic carbocycles. The van der Waals surface area contributed by atoms with E-state index in [1.54, 1.807) is 46.7 Å². The highest BCUT2D eigenvalue weighted by Gasteiger charge is 2.37. The number of pyridine rings is 1. The largest absolute Gasteiger partial charge is 0.419 e. The lowest BCUT2D eigenvalue weighted by atomic mass is 9.96. The van der Waals surface area contributed by atoms with E-state index in [1.807, 2.05) is 19.1 Å². The highest BCUT2D eigenvalue weighted by Crippen LogP contribution is 2.39. The molecular weight excluding hydrogens is 633 g/mol. The van der Waals surface area contributed by atoms with Crippen molar-refractivity contribution in [3.63, 3.8) is 0 Å². The number of hydrogen-bond acceptors (Lipinski definition) is 7. The molecule has 1 atom stereocenters. The number of rotatable bonds is 11. The van der Waals surface area contributed by atoms with Gasteiger partial charge in [0, 0.05) is 48.9 Å². The van der Waals surface area contributed by atoms with Gasteiger partial charge in [0.2, 0.25) is 12.3 Å². The van der Waals surface area contributed by atoms with Gasteiger partial charge in [-0.25, -0.2) is 9.97 Å². The zero-order chi connectivity index (χ0) is 33.7. The highest BCUT2D eigenvalue weighted by atomic mass is 35.5. The second kappa shape index (κ2) is 14.6. The summed E-state index contributed by atoms with van der Waals surface area (Å²) in [6.45, 7) is 5.76. The maximum absolute atomic E-state index is 14.1. The molecule has 0 saturated carbocycles. The van der Waals surface area contributed by atoms with Gasteiger partial charge in [-0.3, -0.25) is 24.3 Å². The molecule has 2 amide bonds. The van der Waals surface area contributed by atoms with E-state index >= 15 is 0 Å². The van der Waals surface area contributed by atoms with E-state index in [4.69, 9.17) is 11.6 Å². The van der Waals surface area contributed by atoms with Gasteiger partial charge in [-0.2, -0.15) is 13.2 Å². The average molecular weight is 669 g/mol. The van der Waals surface area contributed by atoms with E-state index in [-0.39, 0.29) is 29.8 Å². The number of hydrogen-bond donors (Lipinski definition) is 2. The highest BCUT2D eigenvalue weighted by molar-refractivity contribution is 6.30. The Morgan fingerprint density at radius 2 is 1.89 bits per heavy atom. The Morgan fingerprint density at radius 3 is 2.60 bits per heavy atom. The number of benzene rings is 2. The van der Waals surface area contributed by atoms with Crippen molar-refractivity contribution in [2.24, 2.45) is 5.92 Å². The first-order valence-corrected chi connectivity index (χ1v) is 15.9. The van der Waals surface area contributed by atoms with Crippen molar-refractivity contribution in [2.75, 3.05) is 24.5 Å². The average Bonchev–Trinajstić information content (AvgIpc) is 3.03. The molecule has 2 aromatic heterocycles. The van der Waals surface area contributed by atoms with Crippen LogP contribution in [0.4, 0.5) is 19.0 Å². The summed E-state index contributed by atoms with van der Waals surface area (Å²) in [5.41, 5.74) is 1.53. The van der Waals surface area contributed by atoms with Crippen LogP contribution in [0.1, 0.15) is 55.6 Å². The zero-order valence-corrected chi connectivity index (χ0v) is 26.9. The van der Waals surface area contributed by atoms with Gasteiger partial charge in [0.15, 0.2) is 0 Å². The molecule has 0 aliphatic carbocycles. The number of aryl methyl sites for hydroxylation is 1. The molecule has 2 N–H and O–H groups in total. The van der Waals surface area contributed by atoms with Crippen LogP contribution < -0.4 is 21.1 Å². The monoisotopic (exact) mass is 668 g/mol. The molecule has 1 aliphatic rings. The molecule has 248 valence electrons. The molecule has 1 saturated heterocycles. The summed E-state index contributed by atoms with van der Waals surface area (Å²) in [6.07, 6.45) is -0.817. The number of anilines is 1. The van der Waals surface area contributed by atoms with Crippen LogP contribution in [0.25, 0.3) is 22.0 Å². The SMILES string of the molecule is Cc1nc2cc(CNCC3CCN(c4ncc(-c5cccc(Cl)c5)cc4C(F)(F)F)CC3)ccc2c(=O)n1C(C)CCC(=O)NC=O. The Morgan fingerprint density at radius 1 is 1.13 bits per heavy atom. The predicted molar refractivity (Wildman–Crippen MR) is 175 cm³/mol. The first-order valence-electron chi connectivity index (χ1n) is 15.5. The van der Waals surface area contributed by atoms with E-state index in [2.05, 4.69) is 20.6 Å². The number of carbonyl (C=O) groups excluding carboxylic acids is 2. The Bertz CT molecular complexity index is 1820. The van der Waals surface area contributed by atoms with Gasteiger partial charge < -0.3 is 10.2 Å². The molecule has 1 fully saturated rings. The lowest BCUT2D eigenvalue weighted by Gasteiger charge is -2.34. The van der Waals surface area contributed by atoms with Crippen molar-refractivity contribution in [3.8, 4) is 11.1 Å². The summed E-state index contributed by atoms with van der Waals surface area (Å²) in [6, 6.07) is 13.1. The van der Waals surface area contributed by atoms with Crippen LogP contribution in [0, 0.1) is 12.8 Å². The number of halogens is 4. The van der Waals surface area contributed by atoms with Crippen LogP contribution in [-0.2, 0) is 22.3 Å². The van der Waals surface area contributed by atoms with Gasteiger partial charge >= 0.3 is 6.18 Å². The van der Waals surface area contributed by atoms with Gasteiger partial charge in [-0.1, -0.05) is 29.8 Å². The molecular formula is C34H36ClF3N6O3. The zero-order valence-electron chi connectivity index (χ0n) is 26.1. The molecule has 0 spiro atoms. The molecule has 47 heavy (non-hydrogen) atoms. The summed E-state index contributed by atoms with van der Waals surface area (Å²) >= 11 is 6.05. The summed E-state index contributed by atoms with van der Waals surface area (Å²) in [5.74, 6) is 0.367. The Balaban J connectivity index is 1.18. The van der Waals surface area contributed by atoms with Gasteiger partial charge in [0.05, 0.1) is 16.5 Å². The van der Waals surface area contributed by atoms with E-state index in [0.29, 0.717) is 71.9 Å².